The van der Waals surface area contributed by atoms with Crippen LogP contribution in [0.5, 0.6) is 5.75 Å². The fraction of sp³-hybridized carbons (Fsp3) is 0.500. The molecule has 3 N–H and O–H groups in total. The van der Waals surface area contributed by atoms with Gasteiger partial charge >= 0.3 is 0 Å². The summed E-state index contributed by atoms with van der Waals surface area (Å²) in [6.45, 7) is 6.38. The lowest BCUT2D eigenvalue weighted by atomic mass is 10.1. The maximum Gasteiger partial charge on any atom is 0.224 e. The Balaban J connectivity index is 2.68. The molecule has 1 aromatic rings. The van der Waals surface area contributed by atoms with E-state index in [-0.39, 0.29) is 11.9 Å². The molecule has 1 aromatic carbocycles. The number of ether oxygens (including phenoxy) is 1. The molecule has 0 spiro atoms. The van der Waals surface area contributed by atoms with E-state index in [0.29, 0.717) is 25.2 Å². The van der Waals surface area contributed by atoms with Crippen LogP contribution in [0, 0.1) is 6.92 Å². The SMILES string of the molecule is CCOc1cc(C)ccc1NC(=O)CCC(C)N. The molecule has 18 heavy (non-hydrogen) atoms. The van der Waals surface area contributed by atoms with Gasteiger partial charge in [0.15, 0.2) is 0 Å². The molecule has 1 amide bonds. The van der Waals surface area contributed by atoms with E-state index in [4.69, 9.17) is 10.5 Å². The van der Waals surface area contributed by atoms with Gasteiger partial charge in [0.1, 0.15) is 5.75 Å². The van der Waals surface area contributed by atoms with E-state index >= 15 is 0 Å². The minimum atomic E-state index is -0.0305. The number of carbonyl (C=O) groups is 1. The van der Waals surface area contributed by atoms with Crippen molar-refractivity contribution >= 4 is 11.6 Å². The van der Waals surface area contributed by atoms with Gasteiger partial charge in [0.05, 0.1) is 12.3 Å². The van der Waals surface area contributed by atoms with Crippen LogP contribution < -0.4 is 15.8 Å². The number of hydrogen-bond acceptors (Lipinski definition) is 3. The molecular weight excluding hydrogens is 228 g/mol. The highest BCUT2D eigenvalue weighted by molar-refractivity contribution is 5.92. The topological polar surface area (TPSA) is 64.3 Å². The molecule has 0 saturated carbocycles. The minimum absolute atomic E-state index is 0.0305. The van der Waals surface area contributed by atoms with E-state index < -0.39 is 0 Å². The third-order valence-corrected chi connectivity index (χ3v) is 2.54. The molecule has 0 aliphatic rings. The van der Waals surface area contributed by atoms with Gasteiger partial charge in [0.2, 0.25) is 5.91 Å². The average Bonchev–Trinajstić information content (AvgIpc) is 2.30. The van der Waals surface area contributed by atoms with Gasteiger partial charge < -0.3 is 15.8 Å². The van der Waals surface area contributed by atoms with E-state index in [1.807, 2.05) is 39.0 Å². The van der Waals surface area contributed by atoms with E-state index in [1.54, 1.807) is 0 Å². The number of aryl methyl sites for hydroxylation is 1. The Morgan fingerprint density at radius 1 is 1.50 bits per heavy atom. The van der Waals surface area contributed by atoms with Gasteiger partial charge in [-0.1, -0.05) is 6.07 Å². The zero-order valence-electron chi connectivity index (χ0n) is 11.3. The van der Waals surface area contributed by atoms with Gasteiger partial charge in [-0.25, -0.2) is 0 Å². The Morgan fingerprint density at radius 2 is 2.22 bits per heavy atom. The van der Waals surface area contributed by atoms with Crippen molar-refractivity contribution < 1.29 is 9.53 Å². The largest absolute Gasteiger partial charge is 0.492 e. The van der Waals surface area contributed by atoms with Crippen molar-refractivity contribution in [2.75, 3.05) is 11.9 Å². The fourth-order valence-corrected chi connectivity index (χ4v) is 1.58. The second-order valence-corrected chi connectivity index (χ2v) is 4.50. The third kappa shape index (κ3) is 4.75. The zero-order valence-corrected chi connectivity index (χ0v) is 11.3. The van der Waals surface area contributed by atoms with Crippen LogP contribution in [0.2, 0.25) is 0 Å². The molecule has 4 heteroatoms. The summed E-state index contributed by atoms with van der Waals surface area (Å²) in [4.78, 5) is 11.7. The van der Waals surface area contributed by atoms with Crippen molar-refractivity contribution in [1.82, 2.24) is 0 Å². The highest BCUT2D eigenvalue weighted by Crippen LogP contribution is 2.25. The molecule has 4 nitrogen and oxygen atoms in total. The molecule has 0 aliphatic carbocycles. The summed E-state index contributed by atoms with van der Waals surface area (Å²) in [5.41, 5.74) is 7.45. The number of nitrogens with two attached hydrogens (primary N) is 1. The highest BCUT2D eigenvalue weighted by Gasteiger charge is 2.08. The van der Waals surface area contributed by atoms with Gasteiger partial charge in [-0.3, -0.25) is 4.79 Å². The van der Waals surface area contributed by atoms with Gasteiger partial charge in [0.25, 0.3) is 0 Å². The van der Waals surface area contributed by atoms with Crippen molar-refractivity contribution in [1.29, 1.82) is 0 Å². The van der Waals surface area contributed by atoms with Crippen LogP contribution in [0.1, 0.15) is 32.3 Å². The van der Waals surface area contributed by atoms with E-state index in [9.17, 15) is 4.79 Å². The molecule has 0 saturated heterocycles. The van der Waals surface area contributed by atoms with Crippen LogP contribution in [0.25, 0.3) is 0 Å². The molecule has 0 fully saturated rings. The predicted molar refractivity (Wildman–Crippen MR) is 73.9 cm³/mol. The van der Waals surface area contributed by atoms with Gasteiger partial charge in [-0.15, -0.1) is 0 Å². The fourth-order valence-electron chi connectivity index (χ4n) is 1.58. The Bertz CT molecular complexity index is 403. The number of anilines is 1. The second-order valence-electron chi connectivity index (χ2n) is 4.50. The van der Waals surface area contributed by atoms with E-state index in [1.165, 1.54) is 0 Å². The maximum absolute atomic E-state index is 11.7. The molecule has 0 bridgehead atoms. The first-order chi connectivity index (χ1) is 8.52. The van der Waals surface area contributed by atoms with Gasteiger partial charge in [0, 0.05) is 12.5 Å². The molecule has 1 unspecified atom stereocenters. The number of amides is 1. The van der Waals surface area contributed by atoms with Crippen LogP contribution in [0.15, 0.2) is 18.2 Å². The zero-order chi connectivity index (χ0) is 13.5. The number of benzene rings is 1. The molecular formula is C14H22N2O2. The number of hydrogen-bond donors (Lipinski definition) is 2. The Morgan fingerprint density at radius 3 is 2.83 bits per heavy atom. The van der Waals surface area contributed by atoms with Gasteiger partial charge in [-0.2, -0.15) is 0 Å². The summed E-state index contributed by atoms with van der Waals surface area (Å²) in [5.74, 6) is 0.684. The highest BCUT2D eigenvalue weighted by atomic mass is 16.5. The Labute approximate surface area is 109 Å². The van der Waals surface area contributed by atoms with E-state index in [0.717, 1.165) is 11.3 Å². The Kier molecular flexibility index (Phi) is 5.65. The lowest BCUT2D eigenvalue weighted by Crippen LogP contribution is -2.19. The quantitative estimate of drug-likeness (QED) is 0.815. The molecule has 1 rings (SSSR count). The van der Waals surface area contributed by atoms with Gasteiger partial charge in [-0.05, 0) is 44.9 Å². The third-order valence-electron chi connectivity index (χ3n) is 2.54. The van der Waals surface area contributed by atoms with Crippen molar-refractivity contribution in [3.05, 3.63) is 23.8 Å². The maximum atomic E-state index is 11.7. The minimum Gasteiger partial charge on any atom is -0.492 e. The van der Waals surface area contributed by atoms with Crippen molar-refractivity contribution in [2.45, 2.75) is 39.7 Å². The summed E-state index contributed by atoms with van der Waals surface area (Å²) in [7, 11) is 0. The second kappa shape index (κ2) is 7.01. The van der Waals surface area contributed by atoms with Crippen molar-refractivity contribution in [3.63, 3.8) is 0 Å². The van der Waals surface area contributed by atoms with Crippen LogP contribution in [0.3, 0.4) is 0 Å². The van der Waals surface area contributed by atoms with Crippen LogP contribution in [-0.4, -0.2) is 18.6 Å². The molecule has 0 heterocycles. The van der Waals surface area contributed by atoms with Crippen LogP contribution in [0.4, 0.5) is 5.69 Å². The standard InChI is InChI=1S/C14H22N2O2/c1-4-18-13-9-10(2)5-7-12(13)16-14(17)8-6-11(3)15/h5,7,9,11H,4,6,8,15H2,1-3H3,(H,16,17). The average molecular weight is 250 g/mol. The number of carbonyl (C=O) groups excluding carboxylic acids is 1. The molecule has 100 valence electrons. The Hall–Kier alpha value is -1.55. The first-order valence-electron chi connectivity index (χ1n) is 6.31. The lowest BCUT2D eigenvalue weighted by Gasteiger charge is -2.12. The summed E-state index contributed by atoms with van der Waals surface area (Å²) in [6, 6.07) is 5.78. The normalized spacial score (nSPS) is 12.0. The summed E-state index contributed by atoms with van der Waals surface area (Å²) < 4.78 is 5.50. The number of rotatable bonds is 6. The lowest BCUT2D eigenvalue weighted by molar-refractivity contribution is -0.116. The van der Waals surface area contributed by atoms with Crippen molar-refractivity contribution in [2.24, 2.45) is 5.73 Å². The predicted octanol–water partition coefficient (Wildman–Crippen LogP) is 2.46. The summed E-state index contributed by atoms with van der Waals surface area (Å²) in [6.07, 6.45) is 1.11. The molecule has 0 radical (unpaired) electrons. The summed E-state index contributed by atoms with van der Waals surface area (Å²) in [5, 5.41) is 2.86. The summed E-state index contributed by atoms with van der Waals surface area (Å²) >= 11 is 0. The molecule has 1 atom stereocenters. The first-order valence-corrected chi connectivity index (χ1v) is 6.31. The van der Waals surface area contributed by atoms with Crippen LogP contribution in [-0.2, 0) is 4.79 Å². The van der Waals surface area contributed by atoms with Crippen molar-refractivity contribution in [3.8, 4) is 5.75 Å². The first kappa shape index (κ1) is 14.5. The van der Waals surface area contributed by atoms with Crippen LogP contribution >= 0.6 is 0 Å². The monoisotopic (exact) mass is 250 g/mol. The number of nitrogens with one attached hydrogen (secondary N) is 1. The smallest absolute Gasteiger partial charge is 0.224 e. The molecule has 0 aromatic heterocycles. The molecule has 0 aliphatic heterocycles. The van der Waals surface area contributed by atoms with E-state index in [2.05, 4.69) is 5.32 Å².